The molecule has 5 aromatic rings. The zero-order chi connectivity index (χ0) is 18.3. The van der Waals surface area contributed by atoms with Gasteiger partial charge < -0.3 is 9.97 Å². The second-order valence-electron chi connectivity index (χ2n) is 5.80. The van der Waals surface area contributed by atoms with Crippen molar-refractivity contribution in [3.8, 4) is 22.4 Å². The van der Waals surface area contributed by atoms with E-state index in [9.17, 15) is 0 Å². The number of rotatable bonds is 2. The number of para-hydroxylation sites is 2. The molecule has 0 saturated carbocycles. The summed E-state index contributed by atoms with van der Waals surface area (Å²) in [5.41, 5.74) is 3.86. The molecule has 0 saturated heterocycles. The summed E-state index contributed by atoms with van der Waals surface area (Å²) < 4.78 is 0. The molecule has 1 atom stereocenters. The van der Waals surface area contributed by atoms with Gasteiger partial charge in [-0.1, -0.05) is 42.5 Å². The fraction of sp³-hybridized carbons (Fsp3) is 0. The summed E-state index contributed by atoms with van der Waals surface area (Å²) in [6.45, 7) is 0. The van der Waals surface area contributed by atoms with Crippen molar-refractivity contribution in [3.63, 3.8) is 0 Å². The molecule has 5 heteroatoms. The van der Waals surface area contributed by atoms with Crippen molar-refractivity contribution < 1.29 is 20.1 Å². The molecule has 0 amide bonds. The molecular formula is C23H17IrN3P-. The molecular weight excluding hydrogens is 541 g/mol. The van der Waals surface area contributed by atoms with Crippen LogP contribution in [0.5, 0.6) is 0 Å². The Morgan fingerprint density at radius 2 is 1.64 bits per heavy atom. The molecule has 2 aromatic carbocycles. The van der Waals surface area contributed by atoms with Crippen LogP contribution in [0.3, 0.4) is 0 Å². The summed E-state index contributed by atoms with van der Waals surface area (Å²) >= 11 is 0. The van der Waals surface area contributed by atoms with E-state index in [1.165, 1.54) is 10.9 Å². The number of pyridine rings is 1. The maximum Gasteiger partial charge on any atom is 0.102 e. The van der Waals surface area contributed by atoms with Crippen LogP contribution in [0.1, 0.15) is 0 Å². The van der Waals surface area contributed by atoms with Gasteiger partial charge in [0.25, 0.3) is 0 Å². The van der Waals surface area contributed by atoms with Gasteiger partial charge in [0.15, 0.2) is 0 Å². The van der Waals surface area contributed by atoms with Crippen molar-refractivity contribution in [2.45, 2.75) is 0 Å². The Bertz CT molecular complexity index is 1040. The Kier molecular flexibility index (Phi) is 7.22. The van der Waals surface area contributed by atoms with Crippen LogP contribution in [0.15, 0.2) is 96.9 Å². The quantitative estimate of drug-likeness (QED) is 0.261. The monoisotopic (exact) mass is 559 g/mol. The molecule has 3 aromatic heterocycles. The Hall–Kier alpha value is -2.64. The van der Waals surface area contributed by atoms with Gasteiger partial charge in [-0.05, 0) is 35.1 Å². The number of fused-ring (bicyclic) bond motifs is 1. The summed E-state index contributed by atoms with van der Waals surface area (Å²) in [7, 11) is 0.788. The first-order valence-corrected chi connectivity index (χ1v) is 9.72. The maximum atomic E-state index is 4.41. The van der Waals surface area contributed by atoms with Gasteiger partial charge >= 0.3 is 0 Å². The number of hydrogen-bond acceptors (Lipinski definition) is 2. The normalized spacial score (nSPS) is 10.1. The molecule has 0 spiro atoms. The van der Waals surface area contributed by atoms with E-state index in [4.69, 9.17) is 0 Å². The topological polar surface area (TPSA) is 39.9 Å². The minimum absolute atomic E-state index is 0. The molecule has 0 fully saturated rings. The van der Waals surface area contributed by atoms with Crippen molar-refractivity contribution >= 4 is 19.2 Å². The van der Waals surface area contributed by atoms with E-state index in [1.54, 1.807) is 6.20 Å². The molecule has 0 aliphatic heterocycles. The van der Waals surface area contributed by atoms with Gasteiger partial charge in [0, 0.05) is 26.3 Å². The third-order valence-corrected chi connectivity index (χ3v) is 5.04. The summed E-state index contributed by atoms with van der Waals surface area (Å²) in [6.07, 6.45) is 1.75. The number of aromatic nitrogens is 3. The molecule has 0 bridgehead atoms. The van der Waals surface area contributed by atoms with Gasteiger partial charge in [-0.25, -0.2) is 0 Å². The van der Waals surface area contributed by atoms with Crippen LogP contribution in [0.25, 0.3) is 33.4 Å². The standard InChI is InChI=1S/C12H8N3.C11H8P.Ir/c1-2-6-10-9(5-1)14-12(15-10)11-7-3-4-8-13-11;1-2-6-10(7-3-1)11-8-4-5-9-12-11;/h1-8H;1-6,8-9H;/q2*-1;/p+1. The molecule has 5 rings (SSSR count). The fourth-order valence-corrected chi connectivity index (χ4v) is 3.53. The van der Waals surface area contributed by atoms with E-state index >= 15 is 0 Å². The minimum atomic E-state index is 0. The van der Waals surface area contributed by atoms with Crippen molar-refractivity contribution in [1.29, 1.82) is 0 Å². The molecule has 0 aliphatic rings. The molecule has 1 radical (unpaired) electrons. The van der Waals surface area contributed by atoms with Gasteiger partial charge in [-0.15, -0.1) is 35.9 Å². The Labute approximate surface area is 179 Å². The summed E-state index contributed by atoms with van der Waals surface area (Å²) in [5, 5.41) is 1.37. The molecule has 0 N–H and O–H groups in total. The summed E-state index contributed by atoms with van der Waals surface area (Å²) in [6, 6.07) is 31.2. The average Bonchev–Trinajstić information content (AvgIpc) is 3.21. The predicted molar refractivity (Wildman–Crippen MR) is 113 cm³/mol. The molecule has 1 unspecified atom stereocenters. The SMILES string of the molecule is [Ir].[c-]1ccccc1-c1cccc[pH+]1.c1ccc(-c2nc3ccccc3[n-]2)nc1. The molecule has 0 aliphatic carbocycles. The van der Waals surface area contributed by atoms with E-state index in [1.807, 2.05) is 54.6 Å². The van der Waals surface area contributed by atoms with Crippen LogP contribution in [-0.2, 0) is 20.1 Å². The van der Waals surface area contributed by atoms with Gasteiger partial charge in [0.2, 0.25) is 0 Å². The molecule has 139 valence electrons. The first-order valence-electron chi connectivity index (χ1n) is 8.65. The van der Waals surface area contributed by atoms with Crippen molar-refractivity contribution in [2.24, 2.45) is 0 Å². The van der Waals surface area contributed by atoms with Crippen LogP contribution in [0.2, 0.25) is 0 Å². The molecule has 3 nitrogen and oxygen atoms in total. The predicted octanol–water partition coefficient (Wildman–Crippen LogP) is 5.72. The van der Waals surface area contributed by atoms with Crippen molar-refractivity contribution in [3.05, 3.63) is 103 Å². The van der Waals surface area contributed by atoms with E-state index in [0.717, 1.165) is 24.9 Å². The van der Waals surface area contributed by atoms with Gasteiger partial charge in [0.05, 0.1) is 19.2 Å². The Morgan fingerprint density at radius 1 is 0.821 bits per heavy atom. The van der Waals surface area contributed by atoms with Gasteiger partial charge in [-0.3, -0.25) is 4.98 Å². The summed E-state index contributed by atoms with van der Waals surface area (Å²) in [5.74, 6) is 2.88. The zero-order valence-electron chi connectivity index (χ0n) is 14.9. The van der Waals surface area contributed by atoms with Crippen LogP contribution < -0.4 is 4.98 Å². The third-order valence-electron chi connectivity index (χ3n) is 3.94. The maximum absolute atomic E-state index is 4.41. The first kappa shape index (κ1) is 20.1. The molecule has 3 heterocycles. The smallest absolute Gasteiger partial charge is 0.102 e. The van der Waals surface area contributed by atoms with E-state index in [2.05, 4.69) is 57.1 Å². The van der Waals surface area contributed by atoms with Crippen molar-refractivity contribution in [1.82, 2.24) is 15.0 Å². The number of benzene rings is 2. The number of nitrogens with zero attached hydrogens (tertiary/aromatic N) is 3. The van der Waals surface area contributed by atoms with E-state index in [0.29, 0.717) is 5.82 Å². The van der Waals surface area contributed by atoms with Crippen molar-refractivity contribution in [2.75, 3.05) is 0 Å². The van der Waals surface area contributed by atoms with Crippen LogP contribution in [0, 0.1) is 6.07 Å². The Morgan fingerprint density at radius 3 is 2.36 bits per heavy atom. The Balaban J connectivity index is 0.000000159. The second kappa shape index (κ2) is 10.1. The fourth-order valence-electron chi connectivity index (χ4n) is 2.64. The zero-order valence-corrected chi connectivity index (χ0v) is 18.3. The molecule has 28 heavy (non-hydrogen) atoms. The van der Waals surface area contributed by atoms with E-state index in [-0.39, 0.29) is 20.1 Å². The average molecular weight is 559 g/mol. The van der Waals surface area contributed by atoms with E-state index < -0.39 is 0 Å². The minimum Gasteiger partial charge on any atom is -0.434 e. The largest absolute Gasteiger partial charge is 0.434 e. The van der Waals surface area contributed by atoms with Gasteiger partial charge in [-0.2, -0.15) is 0 Å². The number of imidazole rings is 1. The third kappa shape index (κ3) is 4.99. The van der Waals surface area contributed by atoms with Crippen LogP contribution >= 0.6 is 8.19 Å². The second-order valence-corrected chi connectivity index (χ2v) is 6.96. The number of hydrogen-bond donors (Lipinski definition) is 0. The first-order chi connectivity index (χ1) is 13.4. The van der Waals surface area contributed by atoms with Crippen LogP contribution in [0.4, 0.5) is 0 Å². The summed E-state index contributed by atoms with van der Waals surface area (Å²) in [4.78, 5) is 13.0. The van der Waals surface area contributed by atoms with Gasteiger partial charge in [0.1, 0.15) is 5.80 Å². The van der Waals surface area contributed by atoms with Crippen LogP contribution in [-0.4, -0.2) is 9.97 Å².